The molecule has 0 saturated carbocycles. The molecule has 0 bridgehead atoms. The van der Waals surface area contributed by atoms with Gasteiger partial charge in [0.15, 0.2) is 0 Å². The second kappa shape index (κ2) is 6.48. The first-order valence-corrected chi connectivity index (χ1v) is 7.81. The van der Waals surface area contributed by atoms with Gasteiger partial charge in [-0.05, 0) is 44.2 Å². The number of aryl methyl sites for hydroxylation is 1. The van der Waals surface area contributed by atoms with Crippen LogP contribution in [-0.2, 0) is 4.74 Å². The third-order valence-corrected chi connectivity index (χ3v) is 4.69. The Hall–Kier alpha value is -1.55. The van der Waals surface area contributed by atoms with Crippen LogP contribution in [-0.4, -0.2) is 24.2 Å². The third kappa shape index (κ3) is 3.38. The number of hydrogen-bond donors (Lipinski definition) is 2. The topological polar surface area (TPSA) is 64.4 Å². The van der Waals surface area contributed by atoms with Gasteiger partial charge in [0, 0.05) is 18.3 Å². The number of amides is 1. The van der Waals surface area contributed by atoms with E-state index in [9.17, 15) is 4.79 Å². The van der Waals surface area contributed by atoms with Gasteiger partial charge in [-0.3, -0.25) is 4.79 Å². The summed E-state index contributed by atoms with van der Waals surface area (Å²) in [6.45, 7) is 6.91. The lowest BCUT2D eigenvalue weighted by Crippen LogP contribution is -2.48. The summed E-state index contributed by atoms with van der Waals surface area (Å²) in [6.07, 6.45) is 3.68. The fourth-order valence-electron chi connectivity index (χ4n) is 3.04. The number of anilines is 1. The van der Waals surface area contributed by atoms with E-state index in [1.54, 1.807) is 6.07 Å². The molecule has 1 aromatic rings. The maximum absolute atomic E-state index is 12.4. The van der Waals surface area contributed by atoms with Crippen molar-refractivity contribution in [1.29, 1.82) is 0 Å². The molecule has 1 unspecified atom stereocenters. The molecule has 1 aliphatic heterocycles. The lowest BCUT2D eigenvalue weighted by Gasteiger charge is -2.40. The SMILES string of the molecule is CCC1(CC)CC(NC(=O)c2cccc(C)c2N)CCO1. The summed E-state index contributed by atoms with van der Waals surface area (Å²) < 4.78 is 5.95. The number of nitrogens with one attached hydrogen (secondary N) is 1. The van der Waals surface area contributed by atoms with Crippen LogP contribution in [0.3, 0.4) is 0 Å². The molecule has 1 atom stereocenters. The minimum absolute atomic E-state index is 0.0794. The molecule has 0 spiro atoms. The molecule has 4 heteroatoms. The zero-order valence-corrected chi connectivity index (χ0v) is 13.2. The Labute approximate surface area is 127 Å². The Kier molecular flexibility index (Phi) is 4.88. The van der Waals surface area contributed by atoms with Crippen LogP contribution < -0.4 is 11.1 Å². The van der Waals surface area contributed by atoms with E-state index in [2.05, 4.69) is 19.2 Å². The third-order valence-electron chi connectivity index (χ3n) is 4.69. The van der Waals surface area contributed by atoms with Crippen molar-refractivity contribution in [2.75, 3.05) is 12.3 Å². The number of rotatable bonds is 4. The van der Waals surface area contributed by atoms with Gasteiger partial charge in [0.05, 0.1) is 11.2 Å². The van der Waals surface area contributed by atoms with E-state index >= 15 is 0 Å². The molecule has 116 valence electrons. The van der Waals surface area contributed by atoms with Gasteiger partial charge in [-0.25, -0.2) is 0 Å². The van der Waals surface area contributed by atoms with Gasteiger partial charge < -0.3 is 15.8 Å². The molecule has 1 amide bonds. The number of carbonyl (C=O) groups is 1. The fourth-order valence-corrected chi connectivity index (χ4v) is 3.04. The van der Waals surface area contributed by atoms with E-state index in [-0.39, 0.29) is 17.6 Å². The number of ether oxygens (including phenoxy) is 1. The molecule has 0 radical (unpaired) electrons. The molecular formula is C17H26N2O2. The zero-order valence-electron chi connectivity index (χ0n) is 13.2. The summed E-state index contributed by atoms with van der Waals surface area (Å²) in [7, 11) is 0. The van der Waals surface area contributed by atoms with Crippen LogP contribution in [0.25, 0.3) is 0 Å². The molecule has 4 nitrogen and oxygen atoms in total. The quantitative estimate of drug-likeness (QED) is 0.838. The van der Waals surface area contributed by atoms with Gasteiger partial charge in [0.1, 0.15) is 0 Å². The predicted octanol–water partition coefficient (Wildman–Crippen LogP) is 3.04. The maximum Gasteiger partial charge on any atom is 0.253 e. The second-order valence-corrected chi connectivity index (χ2v) is 5.94. The summed E-state index contributed by atoms with van der Waals surface area (Å²) >= 11 is 0. The molecule has 1 saturated heterocycles. The number of carbonyl (C=O) groups excluding carboxylic acids is 1. The van der Waals surface area contributed by atoms with Crippen LogP contribution in [0.1, 0.15) is 55.5 Å². The first-order chi connectivity index (χ1) is 10.0. The molecule has 1 heterocycles. The zero-order chi connectivity index (χ0) is 15.5. The van der Waals surface area contributed by atoms with Gasteiger partial charge >= 0.3 is 0 Å². The Morgan fingerprint density at radius 2 is 2.14 bits per heavy atom. The van der Waals surface area contributed by atoms with Crippen molar-refractivity contribution in [2.24, 2.45) is 0 Å². The molecule has 21 heavy (non-hydrogen) atoms. The number of nitrogens with two attached hydrogens (primary N) is 1. The molecule has 0 aliphatic carbocycles. The van der Waals surface area contributed by atoms with Gasteiger partial charge in [-0.2, -0.15) is 0 Å². The fraction of sp³-hybridized carbons (Fsp3) is 0.588. The lowest BCUT2D eigenvalue weighted by molar-refractivity contribution is -0.0917. The summed E-state index contributed by atoms with van der Waals surface area (Å²) in [5.74, 6) is -0.0794. The smallest absolute Gasteiger partial charge is 0.253 e. The van der Waals surface area contributed by atoms with E-state index in [0.29, 0.717) is 17.9 Å². The minimum Gasteiger partial charge on any atom is -0.398 e. The van der Waals surface area contributed by atoms with Crippen molar-refractivity contribution in [3.05, 3.63) is 29.3 Å². The van der Waals surface area contributed by atoms with Crippen molar-refractivity contribution in [3.8, 4) is 0 Å². The van der Waals surface area contributed by atoms with Crippen LogP contribution in [0.2, 0.25) is 0 Å². The normalized spacial score (nSPS) is 21.0. The molecule has 1 fully saturated rings. The maximum atomic E-state index is 12.4. The van der Waals surface area contributed by atoms with Crippen molar-refractivity contribution < 1.29 is 9.53 Å². The van der Waals surface area contributed by atoms with Crippen molar-refractivity contribution in [3.63, 3.8) is 0 Å². The molecule has 0 aromatic heterocycles. The van der Waals surface area contributed by atoms with Gasteiger partial charge in [-0.15, -0.1) is 0 Å². The highest BCUT2D eigenvalue weighted by Gasteiger charge is 2.35. The second-order valence-electron chi connectivity index (χ2n) is 5.94. The minimum atomic E-state index is -0.0889. The van der Waals surface area contributed by atoms with Crippen LogP contribution in [0.5, 0.6) is 0 Å². The molecular weight excluding hydrogens is 264 g/mol. The standard InChI is InChI=1S/C17H26N2O2/c1-4-17(5-2)11-13(9-10-21-17)19-16(20)14-8-6-7-12(3)15(14)18/h6-8,13H,4-5,9-11,18H2,1-3H3,(H,19,20). The Morgan fingerprint density at radius 3 is 2.81 bits per heavy atom. The van der Waals surface area contributed by atoms with E-state index < -0.39 is 0 Å². The molecule has 1 aromatic carbocycles. The summed E-state index contributed by atoms with van der Waals surface area (Å²) in [5.41, 5.74) is 7.99. The van der Waals surface area contributed by atoms with Crippen molar-refractivity contribution >= 4 is 11.6 Å². The van der Waals surface area contributed by atoms with Crippen LogP contribution >= 0.6 is 0 Å². The highest BCUT2D eigenvalue weighted by molar-refractivity contribution is 5.99. The predicted molar refractivity (Wildman–Crippen MR) is 85.3 cm³/mol. The Balaban J connectivity index is 2.07. The lowest BCUT2D eigenvalue weighted by atomic mass is 9.86. The molecule has 3 N–H and O–H groups in total. The average Bonchev–Trinajstić information content (AvgIpc) is 2.50. The summed E-state index contributed by atoms with van der Waals surface area (Å²) in [4.78, 5) is 12.4. The molecule has 2 rings (SSSR count). The van der Waals surface area contributed by atoms with Crippen molar-refractivity contribution in [1.82, 2.24) is 5.32 Å². The first kappa shape index (κ1) is 15.8. The van der Waals surface area contributed by atoms with E-state index in [1.165, 1.54) is 0 Å². The first-order valence-electron chi connectivity index (χ1n) is 7.81. The van der Waals surface area contributed by atoms with Crippen LogP contribution in [0, 0.1) is 6.92 Å². The van der Waals surface area contributed by atoms with Crippen molar-refractivity contribution in [2.45, 2.75) is 58.1 Å². The van der Waals surface area contributed by atoms with Crippen LogP contribution in [0.4, 0.5) is 5.69 Å². The van der Waals surface area contributed by atoms with Gasteiger partial charge in [0.2, 0.25) is 0 Å². The molecule has 1 aliphatic rings. The number of nitrogen functional groups attached to an aromatic ring is 1. The number of hydrogen-bond acceptors (Lipinski definition) is 3. The monoisotopic (exact) mass is 290 g/mol. The number of benzene rings is 1. The largest absolute Gasteiger partial charge is 0.398 e. The van der Waals surface area contributed by atoms with E-state index in [4.69, 9.17) is 10.5 Å². The summed E-state index contributed by atoms with van der Waals surface area (Å²) in [5, 5.41) is 3.13. The Bertz CT molecular complexity index is 510. The summed E-state index contributed by atoms with van der Waals surface area (Å²) in [6, 6.07) is 5.72. The highest BCUT2D eigenvalue weighted by Crippen LogP contribution is 2.31. The number of para-hydroxylation sites is 1. The van der Waals surface area contributed by atoms with Gasteiger partial charge in [0.25, 0.3) is 5.91 Å². The van der Waals surface area contributed by atoms with Gasteiger partial charge in [-0.1, -0.05) is 26.0 Å². The average molecular weight is 290 g/mol. The highest BCUT2D eigenvalue weighted by atomic mass is 16.5. The van der Waals surface area contributed by atoms with Crippen LogP contribution in [0.15, 0.2) is 18.2 Å². The van der Waals surface area contributed by atoms with E-state index in [1.807, 2.05) is 19.1 Å². The van der Waals surface area contributed by atoms with E-state index in [0.717, 1.165) is 31.2 Å². The Morgan fingerprint density at radius 1 is 1.43 bits per heavy atom.